The second-order valence-corrected chi connectivity index (χ2v) is 12.1. The monoisotopic (exact) mass is 525 g/mol. The smallest absolute Gasteiger partial charge is 0.243 e. The van der Waals surface area contributed by atoms with E-state index >= 15 is 0 Å². The zero-order valence-corrected chi connectivity index (χ0v) is 21.5. The van der Waals surface area contributed by atoms with Crippen LogP contribution in [0.4, 0.5) is 5.69 Å². The van der Waals surface area contributed by atoms with Gasteiger partial charge in [0.2, 0.25) is 15.9 Å². The third-order valence-electron chi connectivity index (χ3n) is 6.20. The molecule has 1 amide bonds. The average Bonchev–Trinajstić information content (AvgIpc) is 3.28. The lowest BCUT2D eigenvalue weighted by Crippen LogP contribution is -2.41. The van der Waals surface area contributed by atoms with E-state index in [4.69, 9.17) is 16.6 Å². The zero-order chi connectivity index (χ0) is 24.6. The van der Waals surface area contributed by atoms with E-state index in [1.54, 1.807) is 29.5 Å². The van der Waals surface area contributed by atoms with E-state index in [0.29, 0.717) is 36.6 Å². The molecule has 2 heterocycles. The predicted octanol–water partition coefficient (Wildman–Crippen LogP) is 5.96. The van der Waals surface area contributed by atoms with E-state index < -0.39 is 10.0 Å². The third-order valence-corrected chi connectivity index (χ3v) is 9.40. The molecule has 3 aromatic carbocycles. The van der Waals surface area contributed by atoms with Gasteiger partial charge >= 0.3 is 0 Å². The van der Waals surface area contributed by atoms with E-state index in [-0.39, 0.29) is 16.7 Å². The standard InChI is InChI=1S/C26H24ClN3O3S2/c1-17-5-10-23-24(15-17)34-26(29-23)19-6-8-21(9-7-19)28-25(31)18-11-13-30(14-12-18)35(32,33)22-4-2-3-20(27)16-22/h2-10,15-16,18H,11-14H2,1H3,(H,28,31). The van der Waals surface area contributed by atoms with Gasteiger partial charge in [0.15, 0.2) is 0 Å². The van der Waals surface area contributed by atoms with Crippen molar-refractivity contribution in [3.8, 4) is 10.6 Å². The van der Waals surface area contributed by atoms with Gasteiger partial charge in [-0.25, -0.2) is 13.4 Å². The van der Waals surface area contributed by atoms with Gasteiger partial charge in [0.25, 0.3) is 0 Å². The van der Waals surface area contributed by atoms with Crippen LogP contribution in [0.1, 0.15) is 18.4 Å². The van der Waals surface area contributed by atoms with Crippen LogP contribution in [0, 0.1) is 12.8 Å². The maximum absolute atomic E-state index is 12.9. The molecule has 0 radical (unpaired) electrons. The van der Waals surface area contributed by atoms with Crippen molar-refractivity contribution in [3.63, 3.8) is 0 Å². The van der Waals surface area contributed by atoms with Gasteiger partial charge in [-0.2, -0.15) is 4.31 Å². The van der Waals surface area contributed by atoms with Gasteiger partial charge in [-0.15, -0.1) is 11.3 Å². The molecule has 1 fully saturated rings. The quantitative estimate of drug-likeness (QED) is 0.348. The van der Waals surface area contributed by atoms with Gasteiger partial charge in [-0.1, -0.05) is 23.7 Å². The van der Waals surface area contributed by atoms with Crippen LogP contribution in [0.3, 0.4) is 0 Å². The van der Waals surface area contributed by atoms with Crippen molar-refractivity contribution in [1.29, 1.82) is 0 Å². The maximum atomic E-state index is 12.9. The second-order valence-electron chi connectivity index (χ2n) is 8.69. The Balaban J connectivity index is 1.20. The first-order valence-electron chi connectivity index (χ1n) is 11.3. The van der Waals surface area contributed by atoms with Crippen molar-refractivity contribution in [2.24, 2.45) is 5.92 Å². The summed E-state index contributed by atoms with van der Waals surface area (Å²) in [5.41, 5.74) is 3.90. The Bertz CT molecular complexity index is 1490. The highest BCUT2D eigenvalue weighted by Gasteiger charge is 2.32. The molecule has 0 atom stereocenters. The van der Waals surface area contributed by atoms with Crippen molar-refractivity contribution >= 4 is 54.8 Å². The summed E-state index contributed by atoms with van der Waals surface area (Å²) in [7, 11) is -3.62. The number of carbonyl (C=O) groups excluding carboxylic acids is 1. The SMILES string of the molecule is Cc1ccc2nc(-c3ccc(NC(=O)C4CCN(S(=O)(=O)c5cccc(Cl)c5)CC4)cc3)sc2c1. The molecule has 4 aromatic rings. The fourth-order valence-electron chi connectivity index (χ4n) is 4.23. The Morgan fingerprint density at radius 2 is 1.80 bits per heavy atom. The summed E-state index contributed by atoms with van der Waals surface area (Å²) in [6, 6.07) is 20.2. The van der Waals surface area contributed by atoms with Gasteiger partial charge in [0.05, 0.1) is 15.1 Å². The fraction of sp³-hybridized carbons (Fsp3) is 0.231. The first kappa shape index (κ1) is 23.9. The number of benzene rings is 3. The molecule has 6 nitrogen and oxygen atoms in total. The molecule has 0 saturated carbocycles. The highest BCUT2D eigenvalue weighted by molar-refractivity contribution is 7.89. The van der Waals surface area contributed by atoms with Crippen LogP contribution in [0.2, 0.25) is 5.02 Å². The number of aromatic nitrogens is 1. The lowest BCUT2D eigenvalue weighted by Gasteiger charge is -2.30. The molecule has 9 heteroatoms. The molecule has 180 valence electrons. The number of halogens is 1. The van der Waals surface area contributed by atoms with Gasteiger partial charge < -0.3 is 5.32 Å². The number of piperidine rings is 1. The topological polar surface area (TPSA) is 79.4 Å². The van der Waals surface area contributed by atoms with Crippen LogP contribution in [-0.4, -0.2) is 36.7 Å². The Hall–Kier alpha value is -2.78. The van der Waals surface area contributed by atoms with E-state index in [2.05, 4.69) is 24.4 Å². The number of nitrogens with one attached hydrogen (secondary N) is 1. The third kappa shape index (κ3) is 5.11. The molecular weight excluding hydrogens is 502 g/mol. The Morgan fingerprint density at radius 1 is 1.06 bits per heavy atom. The van der Waals surface area contributed by atoms with E-state index in [9.17, 15) is 13.2 Å². The number of carbonyl (C=O) groups is 1. The number of hydrogen-bond acceptors (Lipinski definition) is 5. The molecule has 1 aliphatic heterocycles. The van der Waals surface area contributed by atoms with Crippen molar-refractivity contribution in [2.75, 3.05) is 18.4 Å². The summed E-state index contributed by atoms with van der Waals surface area (Å²) >= 11 is 7.61. The van der Waals surface area contributed by atoms with Gasteiger partial charge in [0.1, 0.15) is 5.01 Å². The first-order valence-corrected chi connectivity index (χ1v) is 14.0. The van der Waals surface area contributed by atoms with Crippen LogP contribution in [0.15, 0.2) is 71.6 Å². The molecule has 1 aromatic heterocycles. The molecular formula is C26H24ClN3O3S2. The molecule has 5 rings (SSSR count). The van der Waals surface area contributed by atoms with Crippen LogP contribution < -0.4 is 5.32 Å². The van der Waals surface area contributed by atoms with Gasteiger partial charge in [-0.3, -0.25) is 4.79 Å². The Labute approximate surface area is 213 Å². The summed E-state index contributed by atoms with van der Waals surface area (Å²) in [6.45, 7) is 2.66. The van der Waals surface area contributed by atoms with Crippen LogP contribution in [-0.2, 0) is 14.8 Å². The number of anilines is 1. The zero-order valence-electron chi connectivity index (χ0n) is 19.1. The molecule has 0 aliphatic carbocycles. The number of rotatable bonds is 5. The minimum atomic E-state index is -3.62. The highest BCUT2D eigenvalue weighted by Crippen LogP contribution is 2.32. The molecule has 1 saturated heterocycles. The van der Waals surface area contributed by atoms with Crippen molar-refractivity contribution in [2.45, 2.75) is 24.7 Å². The maximum Gasteiger partial charge on any atom is 0.243 e. The summed E-state index contributed by atoms with van der Waals surface area (Å²) in [5, 5.41) is 4.30. The normalized spacial score (nSPS) is 15.4. The van der Waals surface area contributed by atoms with E-state index in [0.717, 1.165) is 20.8 Å². The molecule has 1 N–H and O–H groups in total. The number of fused-ring (bicyclic) bond motifs is 1. The number of hydrogen-bond donors (Lipinski definition) is 1. The number of thiazole rings is 1. The second kappa shape index (κ2) is 9.70. The van der Waals surface area contributed by atoms with E-state index in [1.807, 2.05) is 30.3 Å². The van der Waals surface area contributed by atoms with Crippen molar-refractivity contribution in [1.82, 2.24) is 9.29 Å². The van der Waals surface area contributed by atoms with Crippen molar-refractivity contribution in [3.05, 3.63) is 77.3 Å². The van der Waals surface area contributed by atoms with Gasteiger partial charge in [0, 0.05) is 35.3 Å². The van der Waals surface area contributed by atoms with Crippen LogP contribution in [0.5, 0.6) is 0 Å². The lowest BCUT2D eigenvalue weighted by atomic mass is 9.97. The minimum Gasteiger partial charge on any atom is -0.326 e. The molecule has 35 heavy (non-hydrogen) atoms. The summed E-state index contributed by atoms with van der Waals surface area (Å²) in [4.78, 5) is 17.7. The number of sulfonamides is 1. The largest absolute Gasteiger partial charge is 0.326 e. The number of amides is 1. The van der Waals surface area contributed by atoms with Crippen molar-refractivity contribution < 1.29 is 13.2 Å². The Kier molecular flexibility index (Phi) is 6.63. The van der Waals surface area contributed by atoms with Crippen LogP contribution >= 0.6 is 22.9 Å². The highest BCUT2D eigenvalue weighted by atomic mass is 35.5. The van der Waals surface area contributed by atoms with Crippen LogP contribution in [0.25, 0.3) is 20.8 Å². The predicted molar refractivity (Wildman–Crippen MR) is 141 cm³/mol. The first-order chi connectivity index (χ1) is 16.8. The Morgan fingerprint density at radius 3 is 2.51 bits per heavy atom. The minimum absolute atomic E-state index is 0.0898. The molecule has 0 bridgehead atoms. The van der Waals surface area contributed by atoms with E-state index in [1.165, 1.54) is 15.9 Å². The fourth-order valence-corrected chi connectivity index (χ4v) is 7.07. The summed E-state index contributed by atoms with van der Waals surface area (Å²) in [5.74, 6) is -0.332. The number of aryl methyl sites for hydroxylation is 1. The summed E-state index contributed by atoms with van der Waals surface area (Å²) in [6.07, 6.45) is 0.934. The molecule has 0 spiro atoms. The number of nitrogens with zero attached hydrogens (tertiary/aromatic N) is 2. The molecule has 0 unspecified atom stereocenters. The summed E-state index contributed by atoms with van der Waals surface area (Å²) < 4.78 is 28.4. The van der Waals surface area contributed by atoms with Gasteiger partial charge in [-0.05, 0) is 79.9 Å². The lowest BCUT2D eigenvalue weighted by molar-refractivity contribution is -0.120. The average molecular weight is 526 g/mol. The molecule has 1 aliphatic rings.